The fourth-order valence-electron chi connectivity index (χ4n) is 4.98. The first-order valence-corrected chi connectivity index (χ1v) is 8.79. The van der Waals surface area contributed by atoms with Crippen molar-refractivity contribution < 1.29 is 4.74 Å². The second-order valence-electron chi connectivity index (χ2n) is 6.82. The summed E-state index contributed by atoms with van der Waals surface area (Å²) in [6.07, 6.45) is 4.49. The molecule has 3 fully saturated rings. The topological polar surface area (TPSA) is 29.3 Å². The van der Waals surface area contributed by atoms with Gasteiger partial charge in [0.1, 0.15) is 7.05 Å². The molecule has 3 nitrogen and oxygen atoms in total. The molecule has 0 N–H and O–H groups in total. The van der Waals surface area contributed by atoms with E-state index < -0.39 is 0 Å². The smallest absolute Gasteiger partial charge is 0.169 e. The van der Waals surface area contributed by atoms with E-state index in [1.165, 1.54) is 18.4 Å². The molecular weight excluding hydrogens is 319 g/mol. The highest BCUT2D eigenvalue weighted by Gasteiger charge is 2.53. The molecule has 118 valence electrons. The van der Waals surface area contributed by atoms with Crippen LogP contribution in [-0.2, 0) is 0 Å². The predicted molar refractivity (Wildman–Crippen MR) is 90.0 cm³/mol. The largest absolute Gasteiger partial charge is 0.624 e. The molecule has 3 aliphatic heterocycles. The molecule has 1 aromatic rings. The van der Waals surface area contributed by atoms with Gasteiger partial charge in [0.25, 0.3) is 0 Å². The van der Waals surface area contributed by atoms with Crippen molar-refractivity contribution in [3.8, 4) is 0 Å². The number of nitrogens with zero attached hydrogens (tertiary/aromatic N) is 2. The van der Waals surface area contributed by atoms with Gasteiger partial charge in [-0.2, -0.15) is 0 Å². The van der Waals surface area contributed by atoms with Crippen LogP contribution < -0.4 is 0 Å². The molecule has 0 saturated carbocycles. The molecule has 22 heavy (non-hydrogen) atoms. The molecule has 4 bridgehead atoms. The Balaban J connectivity index is 1.78. The molecule has 3 heterocycles. The molecule has 5 atom stereocenters. The summed E-state index contributed by atoms with van der Waals surface area (Å²) in [5.74, 6) is 0.711. The molecule has 4 rings (SSSR count). The van der Waals surface area contributed by atoms with E-state index in [2.05, 4.69) is 11.0 Å². The van der Waals surface area contributed by atoms with E-state index in [0.29, 0.717) is 34.0 Å². The van der Waals surface area contributed by atoms with Crippen molar-refractivity contribution in [3.05, 3.63) is 39.0 Å². The van der Waals surface area contributed by atoms with Crippen LogP contribution in [-0.4, -0.2) is 41.0 Å². The van der Waals surface area contributed by atoms with E-state index >= 15 is 0 Å². The van der Waals surface area contributed by atoms with Crippen LogP contribution in [0.3, 0.4) is 0 Å². The van der Waals surface area contributed by atoms with Crippen LogP contribution in [0.1, 0.15) is 37.2 Å². The van der Waals surface area contributed by atoms with Crippen LogP contribution in [0.4, 0.5) is 0 Å². The highest BCUT2D eigenvalue weighted by molar-refractivity contribution is 6.42. The van der Waals surface area contributed by atoms with E-state index in [1.54, 1.807) is 7.05 Å². The monoisotopic (exact) mass is 338 g/mol. The number of hydrogen-bond donors (Lipinski definition) is 0. The summed E-state index contributed by atoms with van der Waals surface area (Å²) >= 11 is 12.3. The Morgan fingerprint density at radius 3 is 2.77 bits per heavy atom. The molecule has 3 saturated heterocycles. The Morgan fingerprint density at radius 1 is 1.23 bits per heavy atom. The van der Waals surface area contributed by atoms with Crippen LogP contribution >= 0.6 is 23.2 Å². The fourth-order valence-corrected chi connectivity index (χ4v) is 5.29. The van der Waals surface area contributed by atoms with Crippen LogP contribution in [0.25, 0.3) is 0 Å². The SMILES string of the molecule is C/[N+]([O-])=C1/CCN2C3CCC2C1C(c1ccc(Cl)c(Cl)c1)C3. The third-order valence-corrected chi connectivity index (χ3v) is 6.59. The minimum Gasteiger partial charge on any atom is -0.624 e. The first-order chi connectivity index (χ1) is 10.6. The Morgan fingerprint density at radius 2 is 2.05 bits per heavy atom. The second-order valence-corrected chi connectivity index (χ2v) is 7.63. The van der Waals surface area contributed by atoms with Crippen LogP contribution in [0.15, 0.2) is 18.2 Å². The predicted octanol–water partition coefficient (Wildman–Crippen LogP) is 3.91. The maximum atomic E-state index is 12.1. The van der Waals surface area contributed by atoms with E-state index in [9.17, 15) is 5.21 Å². The van der Waals surface area contributed by atoms with Crippen LogP contribution in [0.2, 0.25) is 10.0 Å². The first kappa shape index (κ1) is 14.8. The van der Waals surface area contributed by atoms with Crippen molar-refractivity contribution >= 4 is 28.9 Å². The van der Waals surface area contributed by atoms with Crippen molar-refractivity contribution in [3.63, 3.8) is 0 Å². The zero-order chi connectivity index (χ0) is 15.4. The van der Waals surface area contributed by atoms with Gasteiger partial charge in [-0.05, 0) is 42.9 Å². The van der Waals surface area contributed by atoms with E-state index in [1.807, 2.05) is 12.1 Å². The van der Waals surface area contributed by atoms with Gasteiger partial charge in [-0.25, -0.2) is 4.74 Å². The number of hydroxylamine groups is 1. The summed E-state index contributed by atoms with van der Waals surface area (Å²) in [4.78, 5) is 2.64. The van der Waals surface area contributed by atoms with Gasteiger partial charge >= 0.3 is 0 Å². The van der Waals surface area contributed by atoms with Crippen molar-refractivity contribution in [2.75, 3.05) is 13.6 Å². The van der Waals surface area contributed by atoms with E-state index in [0.717, 1.165) is 29.8 Å². The van der Waals surface area contributed by atoms with Gasteiger partial charge in [0.15, 0.2) is 5.71 Å². The van der Waals surface area contributed by atoms with Gasteiger partial charge in [0, 0.05) is 25.0 Å². The van der Waals surface area contributed by atoms with Crippen LogP contribution in [0.5, 0.6) is 0 Å². The zero-order valence-corrected chi connectivity index (χ0v) is 14.1. The average Bonchev–Trinajstić information content (AvgIpc) is 2.78. The minimum atomic E-state index is 0.326. The second kappa shape index (κ2) is 5.40. The van der Waals surface area contributed by atoms with Crippen LogP contribution in [0, 0.1) is 11.1 Å². The van der Waals surface area contributed by atoms with Gasteiger partial charge in [0.2, 0.25) is 0 Å². The van der Waals surface area contributed by atoms with Crippen molar-refractivity contribution in [1.29, 1.82) is 0 Å². The first-order valence-electron chi connectivity index (χ1n) is 8.03. The molecule has 0 spiro atoms. The maximum Gasteiger partial charge on any atom is 0.169 e. The van der Waals surface area contributed by atoms with Crippen molar-refractivity contribution in [1.82, 2.24) is 4.90 Å². The number of rotatable bonds is 1. The zero-order valence-electron chi connectivity index (χ0n) is 12.6. The third kappa shape index (κ3) is 2.17. The summed E-state index contributed by atoms with van der Waals surface area (Å²) in [6, 6.07) is 7.17. The third-order valence-electron chi connectivity index (χ3n) is 5.85. The van der Waals surface area contributed by atoms with Gasteiger partial charge in [-0.1, -0.05) is 29.3 Å². The molecule has 0 amide bonds. The highest BCUT2D eigenvalue weighted by atomic mass is 35.5. The molecule has 0 aliphatic carbocycles. The summed E-state index contributed by atoms with van der Waals surface area (Å²) in [5, 5.41) is 13.3. The summed E-state index contributed by atoms with van der Waals surface area (Å²) in [5.41, 5.74) is 2.30. The lowest BCUT2D eigenvalue weighted by Gasteiger charge is -2.48. The lowest BCUT2D eigenvalue weighted by molar-refractivity contribution is -0.428. The average molecular weight is 339 g/mol. The number of halogens is 2. The lowest BCUT2D eigenvalue weighted by Crippen LogP contribution is -2.56. The Bertz CT molecular complexity index is 642. The summed E-state index contributed by atoms with van der Waals surface area (Å²) in [6.45, 7) is 1.04. The van der Waals surface area contributed by atoms with Gasteiger partial charge in [-0.15, -0.1) is 0 Å². The summed E-state index contributed by atoms with van der Waals surface area (Å²) < 4.78 is 1.12. The molecule has 3 aliphatic rings. The summed E-state index contributed by atoms with van der Waals surface area (Å²) in [7, 11) is 1.65. The van der Waals surface area contributed by atoms with Crippen molar-refractivity contribution in [2.24, 2.45) is 5.92 Å². The maximum absolute atomic E-state index is 12.1. The molecule has 5 heteroatoms. The minimum absolute atomic E-state index is 0.326. The highest BCUT2D eigenvalue weighted by Crippen LogP contribution is 2.50. The molecule has 0 aromatic heterocycles. The number of benzene rings is 1. The molecule has 5 unspecified atom stereocenters. The lowest BCUT2D eigenvalue weighted by atomic mass is 9.70. The Labute approximate surface area is 141 Å². The van der Waals surface area contributed by atoms with E-state index in [4.69, 9.17) is 23.2 Å². The quantitative estimate of drug-likeness (QED) is 0.441. The number of hydrogen-bond acceptors (Lipinski definition) is 2. The fraction of sp³-hybridized carbons (Fsp3) is 0.588. The normalized spacial score (nSPS) is 39.0. The Hall–Kier alpha value is -0.770. The van der Waals surface area contributed by atoms with Gasteiger partial charge in [-0.3, -0.25) is 4.90 Å². The van der Waals surface area contributed by atoms with Gasteiger partial charge in [0.05, 0.1) is 16.0 Å². The molecule has 0 radical (unpaired) electrons. The standard InChI is InChI=1S/C17H20Cl2N2O/c1-20(22)15-6-7-21-11-3-5-16(21)17(15)12(9-11)10-2-4-13(18)14(19)8-10/h2,4,8,11-12,16-17H,3,5-7,9H2,1H3/b20-15+. The van der Waals surface area contributed by atoms with Crippen molar-refractivity contribution in [2.45, 2.75) is 43.7 Å². The van der Waals surface area contributed by atoms with E-state index in [-0.39, 0.29) is 0 Å². The number of piperidine rings is 2. The molecule has 1 aromatic carbocycles. The molecular formula is C17H20Cl2N2O. The van der Waals surface area contributed by atoms with Gasteiger partial charge < -0.3 is 5.21 Å². The Kier molecular flexibility index (Phi) is 3.63.